The van der Waals surface area contributed by atoms with E-state index in [1.54, 1.807) is 18.2 Å². The van der Waals surface area contributed by atoms with Crippen LogP contribution in [0.1, 0.15) is 26.2 Å². The molecular formula is C21H35O11P. The van der Waals surface area contributed by atoms with Gasteiger partial charge in [-0.1, -0.05) is 48.6 Å². The molecule has 0 heterocycles. The van der Waals surface area contributed by atoms with Crippen LogP contribution in [-0.4, -0.2) is 87.0 Å². The van der Waals surface area contributed by atoms with Gasteiger partial charge < -0.3 is 39.7 Å². The number of aliphatic hydroxyl groups is 4. The van der Waals surface area contributed by atoms with Crippen LogP contribution in [0.5, 0.6) is 0 Å². The number of rotatable bonds is 16. The van der Waals surface area contributed by atoms with Gasteiger partial charge >= 0.3 is 13.8 Å². The molecule has 0 amide bonds. The highest BCUT2D eigenvalue weighted by atomic mass is 31.2. The van der Waals surface area contributed by atoms with E-state index >= 15 is 0 Å². The summed E-state index contributed by atoms with van der Waals surface area (Å²) < 4.78 is 25.7. The Labute approximate surface area is 193 Å². The number of aliphatic hydroxyl groups excluding tert-OH is 3. The van der Waals surface area contributed by atoms with Crippen molar-refractivity contribution in [2.24, 2.45) is 0 Å². The predicted octanol–water partition coefficient (Wildman–Crippen LogP) is 0.512. The average Bonchev–Trinajstić information content (AvgIpc) is 2.72. The number of esters is 1. The topological polar surface area (TPSA) is 183 Å². The molecule has 0 saturated carbocycles. The van der Waals surface area contributed by atoms with Crippen LogP contribution >= 0.6 is 7.82 Å². The Morgan fingerprint density at radius 1 is 1.03 bits per heavy atom. The number of allylic oxidation sites excluding steroid dienone is 4. The summed E-state index contributed by atoms with van der Waals surface area (Å²) in [6.45, 7) is 1.08. The zero-order valence-corrected chi connectivity index (χ0v) is 19.8. The van der Waals surface area contributed by atoms with Crippen LogP contribution in [0.3, 0.4) is 0 Å². The Bertz CT molecular complexity index is 724. The summed E-state index contributed by atoms with van der Waals surface area (Å²) in [6, 6.07) is 0. The van der Waals surface area contributed by atoms with Crippen LogP contribution in [0, 0.1) is 0 Å². The maximum Gasteiger partial charge on any atom is 0.469 e. The lowest BCUT2D eigenvalue weighted by atomic mass is 9.92. The number of ether oxygens (including phenoxy) is 2. The third kappa shape index (κ3) is 15.7. The van der Waals surface area contributed by atoms with Crippen LogP contribution in [0.25, 0.3) is 0 Å². The van der Waals surface area contributed by atoms with Crippen molar-refractivity contribution in [3.63, 3.8) is 0 Å². The Kier molecular flexibility index (Phi) is 15.2. The highest BCUT2D eigenvalue weighted by Crippen LogP contribution is 2.41. The number of carbonyl (C=O) groups is 1. The second-order valence-corrected chi connectivity index (χ2v) is 8.49. The van der Waals surface area contributed by atoms with Gasteiger partial charge in [0.2, 0.25) is 0 Å². The normalized spacial score (nSPS) is 18.7. The SMILES string of the molecule is COC(=O)C[C@H](C[C@@H](O)/C=C/[C@@](C)(O)[C@@H](C[C@@H](O)\C=C/C=C\C=C\CO)OP(=O)(O)O)OC. The lowest BCUT2D eigenvalue weighted by Crippen LogP contribution is -2.41. The molecule has 0 aromatic carbocycles. The summed E-state index contributed by atoms with van der Waals surface area (Å²) in [7, 11) is -2.44. The van der Waals surface area contributed by atoms with E-state index in [2.05, 4.69) is 9.26 Å². The van der Waals surface area contributed by atoms with Crippen LogP contribution < -0.4 is 0 Å². The molecule has 0 aromatic rings. The summed E-state index contributed by atoms with van der Waals surface area (Å²) in [4.78, 5) is 29.8. The van der Waals surface area contributed by atoms with Crippen molar-refractivity contribution in [1.29, 1.82) is 0 Å². The van der Waals surface area contributed by atoms with Gasteiger partial charge in [0.25, 0.3) is 0 Å². The number of hydrogen-bond acceptors (Lipinski definition) is 9. The molecule has 0 fully saturated rings. The van der Waals surface area contributed by atoms with Crippen molar-refractivity contribution < 1.29 is 53.6 Å². The first-order valence-electron chi connectivity index (χ1n) is 10.1. The highest BCUT2D eigenvalue weighted by molar-refractivity contribution is 7.46. The van der Waals surface area contributed by atoms with Crippen LogP contribution in [-0.2, 0) is 23.4 Å². The number of phosphoric ester groups is 1. The monoisotopic (exact) mass is 494 g/mol. The molecule has 0 saturated heterocycles. The second-order valence-electron chi connectivity index (χ2n) is 7.29. The van der Waals surface area contributed by atoms with E-state index in [1.807, 2.05) is 0 Å². The molecule has 0 aliphatic carbocycles. The Hall–Kier alpha value is -1.66. The molecule has 0 spiro atoms. The Morgan fingerprint density at radius 2 is 1.64 bits per heavy atom. The minimum absolute atomic E-state index is 0.00930. The van der Waals surface area contributed by atoms with Gasteiger partial charge in [0.05, 0.1) is 38.4 Å². The Balaban J connectivity index is 5.28. The van der Waals surface area contributed by atoms with E-state index in [-0.39, 0.29) is 25.9 Å². The molecule has 0 bridgehead atoms. The molecule has 0 aromatic heterocycles. The quantitative estimate of drug-likeness (QED) is 0.0761. The standard InChI is InChI=1S/C21H35O11P/c1-21(26,11-10-17(24)13-18(30-2)15-20(25)31-3)19(32-33(27,28)29)14-16(23)9-7-5-4-6-8-12-22/h4-11,16-19,22-24,26H,12-15H2,1-3H3,(H2,27,28,29)/b5-4-,8-6+,9-7-,11-10+/t16-,17-,18-,19+,21+/m0/s1. The van der Waals surface area contributed by atoms with E-state index in [0.717, 1.165) is 6.08 Å². The maximum atomic E-state index is 11.4. The van der Waals surface area contributed by atoms with E-state index in [1.165, 1.54) is 45.4 Å². The number of carbonyl (C=O) groups excluding carboxylic acids is 1. The highest BCUT2D eigenvalue weighted by Gasteiger charge is 2.37. The summed E-state index contributed by atoms with van der Waals surface area (Å²) >= 11 is 0. The van der Waals surface area contributed by atoms with Crippen molar-refractivity contribution in [3.8, 4) is 0 Å². The maximum absolute atomic E-state index is 11.4. The van der Waals surface area contributed by atoms with Gasteiger partial charge in [0.1, 0.15) is 11.7 Å². The third-order valence-corrected chi connectivity index (χ3v) is 4.92. The van der Waals surface area contributed by atoms with E-state index in [0.29, 0.717) is 0 Å². The smallest absolute Gasteiger partial charge is 0.469 e. The minimum Gasteiger partial charge on any atom is -0.469 e. The average molecular weight is 494 g/mol. The van der Waals surface area contributed by atoms with Crippen molar-refractivity contribution in [3.05, 3.63) is 48.6 Å². The lowest BCUT2D eigenvalue weighted by molar-refractivity contribution is -0.143. The fraction of sp³-hybridized carbons (Fsp3) is 0.571. The molecule has 0 radical (unpaired) electrons. The first-order valence-corrected chi connectivity index (χ1v) is 11.6. The fourth-order valence-corrected chi connectivity index (χ4v) is 3.24. The molecule has 190 valence electrons. The predicted molar refractivity (Wildman–Crippen MR) is 120 cm³/mol. The van der Waals surface area contributed by atoms with Crippen molar-refractivity contribution in [2.45, 2.75) is 56.2 Å². The first-order chi connectivity index (χ1) is 15.3. The van der Waals surface area contributed by atoms with E-state index < -0.39 is 43.8 Å². The second kappa shape index (κ2) is 16.0. The number of hydrogen-bond donors (Lipinski definition) is 6. The largest absolute Gasteiger partial charge is 0.469 e. The van der Waals surface area contributed by atoms with E-state index in [9.17, 15) is 34.5 Å². The Morgan fingerprint density at radius 3 is 2.18 bits per heavy atom. The number of methoxy groups -OCH3 is 2. The molecule has 0 unspecified atom stereocenters. The van der Waals surface area contributed by atoms with Crippen molar-refractivity contribution in [1.82, 2.24) is 0 Å². The van der Waals surface area contributed by atoms with Gasteiger partial charge in [-0.2, -0.15) is 0 Å². The van der Waals surface area contributed by atoms with Gasteiger partial charge in [-0.25, -0.2) is 4.57 Å². The van der Waals surface area contributed by atoms with Crippen molar-refractivity contribution >= 4 is 13.8 Å². The van der Waals surface area contributed by atoms with Gasteiger partial charge in [-0.05, 0) is 6.92 Å². The molecule has 11 nitrogen and oxygen atoms in total. The zero-order valence-electron chi connectivity index (χ0n) is 18.9. The molecule has 0 aliphatic heterocycles. The lowest BCUT2D eigenvalue weighted by Gasteiger charge is -2.31. The summed E-state index contributed by atoms with van der Waals surface area (Å²) in [5, 5.41) is 39.7. The van der Waals surface area contributed by atoms with Gasteiger partial charge in [-0.15, -0.1) is 0 Å². The van der Waals surface area contributed by atoms with Gasteiger partial charge in [-0.3, -0.25) is 9.32 Å². The first kappa shape index (κ1) is 31.3. The van der Waals surface area contributed by atoms with Gasteiger partial charge in [0.15, 0.2) is 0 Å². The molecule has 0 rings (SSSR count). The molecule has 6 N–H and O–H groups in total. The summed E-state index contributed by atoms with van der Waals surface area (Å²) in [5.74, 6) is -0.526. The summed E-state index contributed by atoms with van der Waals surface area (Å²) in [5.41, 5.74) is -1.98. The molecule has 5 atom stereocenters. The minimum atomic E-state index is -5.02. The van der Waals surface area contributed by atoms with Crippen LogP contribution in [0.2, 0.25) is 0 Å². The third-order valence-electron chi connectivity index (χ3n) is 4.40. The fourth-order valence-electron chi connectivity index (χ4n) is 2.61. The summed E-state index contributed by atoms with van der Waals surface area (Å²) in [6.07, 6.45) is 6.24. The zero-order chi connectivity index (χ0) is 25.5. The van der Waals surface area contributed by atoms with Crippen LogP contribution in [0.4, 0.5) is 0 Å². The van der Waals surface area contributed by atoms with E-state index in [4.69, 9.17) is 9.84 Å². The molecule has 33 heavy (non-hydrogen) atoms. The van der Waals surface area contributed by atoms with Gasteiger partial charge in [0, 0.05) is 20.0 Å². The molecule has 0 aliphatic rings. The number of phosphoric acid groups is 1. The molecule has 12 heteroatoms. The van der Waals surface area contributed by atoms with Crippen molar-refractivity contribution in [2.75, 3.05) is 20.8 Å². The molecular weight excluding hydrogens is 459 g/mol. The van der Waals surface area contributed by atoms with Crippen LogP contribution in [0.15, 0.2) is 48.6 Å².